The topological polar surface area (TPSA) is 76.4 Å². The van der Waals surface area contributed by atoms with Crippen LogP contribution in [0.1, 0.15) is 66.6 Å². The monoisotopic (exact) mass is 517 g/mol. The molecule has 1 amide bonds. The van der Waals surface area contributed by atoms with Crippen LogP contribution in [0.5, 0.6) is 0 Å². The number of halogens is 5. The van der Waals surface area contributed by atoms with Gasteiger partial charge in [-0.3, -0.25) is 4.79 Å². The molecule has 5 rings (SSSR count). The zero-order valence-electron chi connectivity index (χ0n) is 18.7. The van der Waals surface area contributed by atoms with E-state index in [9.17, 15) is 26.4 Å². The Hall–Kier alpha value is -2.43. The minimum absolute atomic E-state index is 0.0288. The number of benzene rings is 1. The normalized spacial score (nSPS) is 23.8. The molecule has 1 aromatic heterocycles. The van der Waals surface area contributed by atoms with Gasteiger partial charge in [-0.25, -0.2) is 17.2 Å². The molecule has 1 spiro atoms. The van der Waals surface area contributed by atoms with Gasteiger partial charge < -0.3 is 9.73 Å². The van der Waals surface area contributed by atoms with Crippen molar-refractivity contribution < 1.29 is 39.6 Å². The second-order valence-electron chi connectivity index (χ2n) is 9.95. The first-order valence-electron chi connectivity index (χ1n) is 11.5. The Morgan fingerprint density at radius 1 is 1.09 bits per heavy atom. The van der Waals surface area contributed by atoms with Gasteiger partial charge in [-0.15, -0.1) is 0 Å². The van der Waals surface area contributed by atoms with Gasteiger partial charge >= 0.3 is 6.18 Å². The van der Waals surface area contributed by atoms with E-state index in [0.717, 1.165) is 18.2 Å². The molecule has 190 valence electrons. The second kappa shape index (κ2) is 8.04. The zero-order chi connectivity index (χ0) is 25.2. The quantitative estimate of drug-likeness (QED) is 0.525. The number of carbonyl (C=O) groups is 1. The predicted molar refractivity (Wildman–Crippen MR) is 119 cm³/mol. The molecule has 2 aromatic rings. The van der Waals surface area contributed by atoms with Gasteiger partial charge in [0, 0.05) is 28.8 Å². The van der Waals surface area contributed by atoms with Gasteiger partial charge in [-0.05, 0) is 56.7 Å². The van der Waals surface area contributed by atoms with Crippen LogP contribution in [0, 0.1) is 5.92 Å². The van der Waals surface area contributed by atoms with Gasteiger partial charge in [-0.2, -0.15) is 13.2 Å². The number of furan rings is 1. The minimum Gasteiger partial charge on any atom is -0.450 e. The molecule has 0 radical (unpaired) electrons. The van der Waals surface area contributed by atoms with E-state index in [1.165, 1.54) is 6.08 Å². The molecule has 3 heterocycles. The summed E-state index contributed by atoms with van der Waals surface area (Å²) in [6.07, 6.45) is -2.13. The number of hydrogen-bond acceptors (Lipinski definition) is 4. The van der Waals surface area contributed by atoms with Gasteiger partial charge in [0.05, 0.1) is 17.1 Å². The van der Waals surface area contributed by atoms with Crippen molar-refractivity contribution >= 4 is 32.8 Å². The Bertz CT molecular complexity index is 1310. The largest absolute Gasteiger partial charge is 0.450 e. The molecule has 2 fully saturated rings. The van der Waals surface area contributed by atoms with Crippen molar-refractivity contribution in [2.75, 3.05) is 11.5 Å². The minimum atomic E-state index is -4.59. The average molecular weight is 518 g/mol. The first-order chi connectivity index (χ1) is 16.3. The molecule has 1 saturated carbocycles. The van der Waals surface area contributed by atoms with Crippen LogP contribution in [0.25, 0.3) is 17.0 Å². The van der Waals surface area contributed by atoms with Crippen molar-refractivity contribution in [2.24, 2.45) is 5.92 Å². The van der Waals surface area contributed by atoms with Crippen molar-refractivity contribution in [2.45, 2.75) is 62.6 Å². The number of sulfone groups is 1. The third kappa shape index (κ3) is 4.83. The Kier molecular flexibility index (Phi) is 5.58. The third-order valence-corrected chi connectivity index (χ3v) is 9.05. The van der Waals surface area contributed by atoms with Crippen molar-refractivity contribution in [3.8, 4) is 0 Å². The van der Waals surface area contributed by atoms with Crippen LogP contribution in [-0.2, 0) is 16.0 Å². The first kappa shape index (κ1) is 24.3. The van der Waals surface area contributed by atoms with Crippen LogP contribution in [0.4, 0.5) is 22.0 Å². The summed E-state index contributed by atoms with van der Waals surface area (Å²) in [5.41, 5.74) is -0.615. The van der Waals surface area contributed by atoms with Gasteiger partial charge in [0.1, 0.15) is 15.4 Å². The highest BCUT2D eigenvalue weighted by Gasteiger charge is 2.47. The molecule has 1 N–H and O–H groups in total. The standard InChI is InChI=1S/C24H24F5NO4S/c25-23(26,15-4-9-35(32,33)10-5-15)6-3-14-11-18-17-12-16(24(27,28)29)1-2-19(17)34-20(18)21(31)30-22(13-14)7-8-22/h1-2,11-12,15H,3-10,13H2,(H,30,31)/b14-11-. The fourth-order valence-corrected chi connectivity index (χ4v) is 6.58. The van der Waals surface area contributed by atoms with Gasteiger partial charge in [0.25, 0.3) is 11.8 Å². The zero-order valence-corrected chi connectivity index (χ0v) is 19.5. The molecule has 1 aromatic carbocycles. The number of rotatable bonds is 4. The highest BCUT2D eigenvalue weighted by atomic mass is 32.2. The van der Waals surface area contributed by atoms with Crippen LogP contribution in [0.15, 0.2) is 28.2 Å². The molecule has 3 aliphatic rings. The molecule has 0 bridgehead atoms. The van der Waals surface area contributed by atoms with Gasteiger partial charge in [0.2, 0.25) is 0 Å². The van der Waals surface area contributed by atoms with Crippen LogP contribution in [0.2, 0.25) is 0 Å². The number of alkyl halides is 5. The summed E-state index contributed by atoms with van der Waals surface area (Å²) in [6, 6.07) is 2.93. The van der Waals surface area contributed by atoms with E-state index in [0.29, 0.717) is 24.8 Å². The molecular formula is C24H24F5NO4S. The fraction of sp³-hybridized carbons (Fsp3) is 0.542. The van der Waals surface area contributed by atoms with Crippen LogP contribution < -0.4 is 5.32 Å². The number of carbonyl (C=O) groups excluding carboxylic acids is 1. The van der Waals surface area contributed by atoms with Crippen LogP contribution in [-0.4, -0.2) is 37.3 Å². The molecular weight excluding hydrogens is 493 g/mol. The van der Waals surface area contributed by atoms with E-state index < -0.39 is 51.3 Å². The van der Waals surface area contributed by atoms with Gasteiger partial charge in [0.15, 0.2) is 5.76 Å². The Morgan fingerprint density at radius 2 is 1.77 bits per heavy atom. The number of amides is 1. The van der Waals surface area contributed by atoms with Crippen molar-refractivity contribution in [1.82, 2.24) is 5.32 Å². The maximum absolute atomic E-state index is 15.0. The number of fused-ring (bicyclic) bond motifs is 3. The maximum Gasteiger partial charge on any atom is 0.416 e. The van der Waals surface area contributed by atoms with Crippen molar-refractivity contribution in [1.29, 1.82) is 0 Å². The lowest BCUT2D eigenvalue weighted by Crippen LogP contribution is -2.38. The Balaban J connectivity index is 1.47. The van der Waals surface area contributed by atoms with E-state index in [4.69, 9.17) is 4.42 Å². The van der Waals surface area contributed by atoms with Gasteiger partial charge in [-0.1, -0.05) is 11.6 Å². The van der Waals surface area contributed by atoms with Crippen LogP contribution >= 0.6 is 0 Å². The van der Waals surface area contributed by atoms with Crippen molar-refractivity contribution in [3.05, 3.63) is 40.7 Å². The van der Waals surface area contributed by atoms with E-state index in [1.54, 1.807) is 0 Å². The Labute approximate surface area is 198 Å². The first-order valence-corrected chi connectivity index (χ1v) is 13.3. The number of nitrogens with one attached hydrogen (secondary N) is 1. The van der Waals surface area contributed by atoms with E-state index in [1.807, 2.05) is 0 Å². The summed E-state index contributed by atoms with van der Waals surface area (Å²) in [6.45, 7) is 0. The third-order valence-electron chi connectivity index (χ3n) is 7.34. The molecule has 11 heteroatoms. The highest BCUT2D eigenvalue weighted by molar-refractivity contribution is 7.91. The predicted octanol–water partition coefficient (Wildman–Crippen LogP) is 5.74. The fourth-order valence-electron chi connectivity index (χ4n) is 5.09. The molecule has 1 aliphatic carbocycles. The molecule has 0 unspecified atom stereocenters. The molecule has 5 nitrogen and oxygen atoms in total. The van der Waals surface area contributed by atoms with E-state index >= 15 is 8.78 Å². The van der Waals surface area contributed by atoms with Crippen LogP contribution in [0.3, 0.4) is 0 Å². The average Bonchev–Trinajstić information content (AvgIpc) is 3.41. The smallest absolute Gasteiger partial charge is 0.416 e. The molecule has 2 aliphatic heterocycles. The Morgan fingerprint density at radius 3 is 2.40 bits per heavy atom. The molecule has 35 heavy (non-hydrogen) atoms. The summed E-state index contributed by atoms with van der Waals surface area (Å²) >= 11 is 0. The number of hydrogen-bond donors (Lipinski definition) is 1. The lowest BCUT2D eigenvalue weighted by atomic mass is 9.88. The lowest BCUT2D eigenvalue weighted by molar-refractivity contribution is -0.137. The highest BCUT2D eigenvalue weighted by Crippen LogP contribution is 2.46. The molecule has 0 atom stereocenters. The maximum atomic E-state index is 15.0. The summed E-state index contributed by atoms with van der Waals surface area (Å²) in [5.74, 6) is -5.29. The van der Waals surface area contributed by atoms with Crippen molar-refractivity contribution in [3.63, 3.8) is 0 Å². The summed E-state index contributed by atoms with van der Waals surface area (Å²) in [4.78, 5) is 12.8. The summed E-state index contributed by atoms with van der Waals surface area (Å²) in [5, 5.41) is 2.98. The second-order valence-corrected chi connectivity index (χ2v) is 12.3. The van der Waals surface area contributed by atoms with E-state index in [-0.39, 0.29) is 53.1 Å². The summed E-state index contributed by atoms with van der Waals surface area (Å²) in [7, 11) is -3.27. The summed E-state index contributed by atoms with van der Waals surface area (Å²) < 4.78 is 98.7. The SMILES string of the molecule is O=C1NC2(CC2)C/C(CCC(F)(F)C2CCS(=O)(=O)CC2)=C\c2c1oc1ccc(C(F)(F)F)cc21. The van der Waals surface area contributed by atoms with E-state index in [2.05, 4.69) is 5.32 Å². The lowest BCUT2D eigenvalue weighted by Gasteiger charge is -2.30. The molecule has 1 saturated heterocycles.